The second-order valence-corrected chi connectivity index (χ2v) is 26.1. The number of hydrogen-bond acceptors (Lipinski definition) is 11. The summed E-state index contributed by atoms with van der Waals surface area (Å²) in [7, 11) is 2.94. The van der Waals surface area contributed by atoms with Crippen LogP contribution >= 0.6 is 12.4 Å². The molecule has 0 atom stereocenters. The number of aldehydes is 1. The fourth-order valence-electron chi connectivity index (χ4n) is 13.8. The van der Waals surface area contributed by atoms with E-state index < -0.39 is 23.5 Å². The summed E-state index contributed by atoms with van der Waals surface area (Å²) in [4.78, 5) is 43.3. The van der Waals surface area contributed by atoms with Gasteiger partial charge in [-0.1, -0.05) is 47.6 Å². The lowest BCUT2D eigenvalue weighted by Gasteiger charge is -2.52. The van der Waals surface area contributed by atoms with E-state index in [4.69, 9.17) is 24.7 Å². The fraction of sp³-hybridized carbons (Fsp3) is 0.661. The molecular formula is C62H83ClF6N4O7. The minimum atomic E-state index is -4.57. The Morgan fingerprint density at radius 2 is 0.963 bits per heavy atom. The Morgan fingerprint density at radius 3 is 1.34 bits per heavy atom. The van der Waals surface area contributed by atoms with E-state index in [0.29, 0.717) is 35.9 Å². The maximum Gasteiger partial charge on any atom is 0.420 e. The zero-order chi connectivity index (χ0) is 57.4. The normalized spacial score (nSPS) is 28.5. The number of methoxy groups -OCH3 is 2. The summed E-state index contributed by atoms with van der Waals surface area (Å²) < 4.78 is 106. The molecule has 2 aromatic carbocycles. The number of pyridine rings is 2. The third-order valence-corrected chi connectivity index (χ3v) is 19.3. The molecule has 3 N–H and O–H groups in total. The summed E-state index contributed by atoms with van der Waals surface area (Å²) in [6.07, 6.45) is 8.63. The van der Waals surface area contributed by atoms with Crippen LogP contribution in [0.25, 0.3) is 21.8 Å². The van der Waals surface area contributed by atoms with E-state index in [-0.39, 0.29) is 103 Å². The molecule has 0 saturated heterocycles. The molecule has 0 unspecified atom stereocenters. The number of carbonyl (C=O) groups excluding carboxylic acids is 3. The molecule has 2 heterocycles. The highest BCUT2D eigenvalue weighted by atomic mass is 35.5. The number of nitrogens with zero attached hydrogens (tertiary/aromatic N) is 2. The Labute approximate surface area is 473 Å². The van der Waals surface area contributed by atoms with Crippen LogP contribution in [0.2, 0.25) is 0 Å². The quantitative estimate of drug-likeness (QED) is 0.0887. The van der Waals surface area contributed by atoms with Crippen molar-refractivity contribution in [3.63, 3.8) is 0 Å². The van der Waals surface area contributed by atoms with Crippen molar-refractivity contribution in [3.8, 4) is 11.5 Å². The van der Waals surface area contributed by atoms with Crippen LogP contribution < -0.4 is 20.5 Å². The van der Waals surface area contributed by atoms with Crippen LogP contribution in [0, 0.1) is 33.5 Å². The van der Waals surface area contributed by atoms with Gasteiger partial charge in [-0.15, -0.1) is 12.4 Å². The van der Waals surface area contributed by atoms with Gasteiger partial charge in [-0.2, -0.15) is 26.3 Å². The Hall–Kier alpha value is -4.74. The molecule has 4 bridgehead atoms. The van der Waals surface area contributed by atoms with E-state index in [0.717, 1.165) is 128 Å². The summed E-state index contributed by atoms with van der Waals surface area (Å²) >= 11 is 0. The van der Waals surface area contributed by atoms with Crippen LogP contribution in [-0.4, -0.2) is 65.7 Å². The number of rotatable bonds is 10. The molecule has 2 aromatic heterocycles. The van der Waals surface area contributed by atoms with Gasteiger partial charge in [-0.25, -0.2) is 4.98 Å². The number of halogens is 7. The van der Waals surface area contributed by atoms with Crippen molar-refractivity contribution in [2.75, 3.05) is 14.2 Å². The number of hydrogen-bond donors (Lipinski definition) is 2. The molecule has 0 radical (unpaired) electrons. The molecule has 442 valence electrons. The van der Waals surface area contributed by atoms with E-state index in [1.165, 1.54) is 50.6 Å². The van der Waals surface area contributed by atoms with Crippen LogP contribution in [-0.2, 0) is 38.0 Å². The molecule has 8 fully saturated rings. The lowest BCUT2D eigenvalue weighted by atomic mass is 9.57. The standard InChI is InChI=1S/C31H41F3N2O3.C21H24F3NO2.C10H17NO2.ClH/c1-28(2,3)20-5-8-22(9-6-20)39-25-12-11-24-23(26(25)31(32,33)34)10-7-21(36-24)19-35-30-16-13-29(14-17-30,15-18-30)27(37)38-4;1-20(2,3)13-4-7-15(8-5-13)27-18-11-10-17-16(19(18)21(22,23)24)9-6-14(12-26)25-17;1-13-8(12)9-2-5-10(11,6-3-9)7-4-9;/h7,10-12,20,22,35H,5-6,8-9,13-19H2,1-4H3;6,9-13,15H,4-5,7-8H2,1-3H3;2-7,11H2,1H3;1H. The van der Waals surface area contributed by atoms with Crippen molar-refractivity contribution in [2.24, 2.45) is 39.2 Å². The number of carbonyl (C=O) groups is 3. The van der Waals surface area contributed by atoms with Crippen LogP contribution in [0.5, 0.6) is 11.5 Å². The number of ether oxygens (including phenoxy) is 4. The number of benzene rings is 2. The summed E-state index contributed by atoms with van der Waals surface area (Å²) in [5.74, 6) is 0.739. The average Bonchev–Trinajstić information content (AvgIpc) is 3.45. The molecule has 8 aliphatic carbocycles. The molecule has 0 amide bonds. The summed E-state index contributed by atoms with van der Waals surface area (Å²) in [5, 5.41) is 3.67. The fourth-order valence-corrected chi connectivity index (χ4v) is 13.8. The molecule has 18 heteroatoms. The van der Waals surface area contributed by atoms with Gasteiger partial charge in [0.15, 0.2) is 6.29 Å². The van der Waals surface area contributed by atoms with Crippen LogP contribution in [0.1, 0.15) is 197 Å². The molecule has 0 spiro atoms. The molecule has 8 aliphatic rings. The van der Waals surface area contributed by atoms with E-state index in [9.17, 15) is 40.7 Å². The highest BCUT2D eigenvalue weighted by Crippen LogP contribution is 2.54. The van der Waals surface area contributed by atoms with Crippen molar-refractivity contribution < 1.29 is 59.7 Å². The van der Waals surface area contributed by atoms with Gasteiger partial charge in [-0.05, 0) is 194 Å². The zero-order valence-corrected chi connectivity index (χ0v) is 48.7. The van der Waals surface area contributed by atoms with Gasteiger partial charge in [0.1, 0.15) is 28.3 Å². The highest BCUT2D eigenvalue weighted by molar-refractivity contribution is 5.88. The topological polar surface area (TPSA) is 152 Å². The molecule has 12 rings (SSSR count). The van der Waals surface area contributed by atoms with Gasteiger partial charge in [0.25, 0.3) is 0 Å². The van der Waals surface area contributed by atoms with Crippen LogP contribution in [0.15, 0.2) is 48.5 Å². The van der Waals surface area contributed by atoms with E-state index in [2.05, 4.69) is 56.8 Å². The van der Waals surface area contributed by atoms with Gasteiger partial charge in [0.2, 0.25) is 0 Å². The van der Waals surface area contributed by atoms with E-state index >= 15 is 0 Å². The number of aromatic nitrogens is 2. The maximum absolute atomic E-state index is 14.3. The first kappa shape index (κ1) is 62.9. The van der Waals surface area contributed by atoms with Crippen molar-refractivity contribution in [2.45, 2.75) is 212 Å². The Kier molecular flexibility index (Phi) is 19.0. The van der Waals surface area contributed by atoms with E-state index in [1.54, 1.807) is 12.1 Å². The summed E-state index contributed by atoms with van der Waals surface area (Å²) in [6, 6.07) is 11.7. The predicted molar refractivity (Wildman–Crippen MR) is 299 cm³/mol. The zero-order valence-electron chi connectivity index (χ0n) is 47.9. The minimum absolute atomic E-state index is 0. The SMILES string of the molecule is CC(C)(C)C1CCC(Oc2ccc3nc(C=O)ccc3c2C(F)(F)F)CC1.COC(=O)C12CCC(N)(CC1)CC2.COC(=O)C12CCC(NCc3ccc4c(C(F)(F)F)c(OC5CCC(C(C)(C)C)CC5)ccc4n3)(CC1)CC2.Cl. The van der Waals surface area contributed by atoms with Crippen molar-refractivity contribution in [1.82, 2.24) is 15.3 Å². The van der Waals surface area contributed by atoms with E-state index in [1.807, 2.05) is 0 Å². The van der Waals surface area contributed by atoms with Gasteiger partial charge >= 0.3 is 24.3 Å². The van der Waals surface area contributed by atoms with Gasteiger partial charge in [-0.3, -0.25) is 19.4 Å². The summed E-state index contributed by atoms with van der Waals surface area (Å²) in [6.45, 7) is 13.7. The first-order chi connectivity index (χ1) is 37.0. The molecular weight excluding hydrogens is 1060 g/mol. The lowest BCUT2D eigenvalue weighted by Crippen LogP contribution is -2.56. The van der Waals surface area contributed by atoms with Crippen LogP contribution in [0.3, 0.4) is 0 Å². The number of esters is 2. The van der Waals surface area contributed by atoms with Gasteiger partial charge in [0, 0.05) is 28.4 Å². The maximum atomic E-state index is 14.3. The molecule has 8 saturated carbocycles. The Morgan fingerprint density at radius 1 is 0.575 bits per heavy atom. The minimum Gasteiger partial charge on any atom is -0.490 e. The number of alkyl halides is 6. The third kappa shape index (κ3) is 14.0. The summed E-state index contributed by atoms with van der Waals surface area (Å²) in [5.41, 5.74) is 5.71. The van der Waals surface area contributed by atoms with Crippen molar-refractivity contribution in [1.29, 1.82) is 0 Å². The second-order valence-electron chi connectivity index (χ2n) is 26.1. The lowest BCUT2D eigenvalue weighted by molar-refractivity contribution is -0.161. The Bertz CT molecular complexity index is 2780. The first-order valence-electron chi connectivity index (χ1n) is 28.5. The second kappa shape index (κ2) is 24.2. The highest BCUT2D eigenvalue weighted by Gasteiger charge is 2.54. The first-order valence-corrected chi connectivity index (χ1v) is 28.5. The largest absolute Gasteiger partial charge is 0.490 e. The predicted octanol–water partition coefficient (Wildman–Crippen LogP) is 15.3. The average molecular weight is 1150 g/mol. The van der Waals surface area contributed by atoms with Gasteiger partial charge < -0.3 is 30.0 Å². The molecule has 11 nitrogen and oxygen atoms in total. The van der Waals surface area contributed by atoms with Crippen molar-refractivity contribution >= 4 is 52.4 Å². The third-order valence-electron chi connectivity index (χ3n) is 19.3. The van der Waals surface area contributed by atoms with Crippen LogP contribution in [0.4, 0.5) is 26.3 Å². The smallest absolute Gasteiger partial charge is 0.420 e. The molecule has 0 aliphatic heterocycles. The number of nitrogens with one attached hydrogen (secondary N) is 1. The number of nitrogens with two attached hydrogens (primary N) is 1. The van der Waals surface area contributed by atoms with Crippen molar-refractivity contribution in [3.05, 3.63) is 71.0 Å². The Balaban J connectivity index is 0.000000194. The number of fused-ring (bicyclic) bond motifs is 8. The van der Waals surface area contributed by atoms with Gasteiger partial charge in [0.05, 0.1) is 54.0 Å². The molecule has 80 heavy (non-hydrogen) atoms. The molecule has 4 aromatic rings. The monoisotopic (exact) mass is 1140 g/mol.